The van der Waals surface area contributed by atoms with Gasteiger partial charge in [0, 0.05) is 6.54 Å². The van der Waals surface area contributed by atoms with Crippen molar-refractivity contribution in [2.75, 3.05) is 6.54 Å². The minimum atomic E-state index is -3.59. The fraction of sp³-hybridized carbons (Fsp3) is 0.385. The number of hydrogen-bond donors (Lipinski definition) is 1. The highest BCUT2D eigenvalue weighted by molar-refractivity contribution is 7.89. The molecule has 0 spiro atoms. The van der Waals surface area contributed by atoms with Gasteiger partial charge in [0.25, 0.3) is 0 Å². The molecule has 3 atom stereocenters. The van der Waals surface area contributed by atoms with Crippen molar-refractivity contribution in [2.24, 2.45) is 0 Å². The smallest absolute Gasteiger partial charge is 0.245 e. The second-order valence-corrected chi connectivity index (χ2v) is 6.72. The molecule has 6 heteroatoms. The molecule has 0 aromatic heterocycles. The van der Waals surface area contributed by atoms with Gasteiger partial charge in [0.15, 0.2) is 0 Å². The highest BCUT2D eigenvalue weighted by Gasteiger charge is 2.44. The molecule has 0 aliphatic carbocycles. The molecule has 1 saturated heterocycles. The lowest BCUT2D eigenvalue weighted by Gasteiger charge is -2.21. The van der Waals surface area contributed by atoms with E-state index in [2.05, 4.69) is 0 Å². The zero-order valence-electron chi connectivity index (χ0n) is 10.4. The molecule has 2 aliphatic rings. The molecule has 1 N–H and O–H groups in total. The van der Waals surface area contributed by atoms with Gasteiger partial charge in [-0.1, -0.05) is 23.8 Å². The lowest BCUT2D eigenvalue weighted by molar-refractivity contribution is -0.0164. The number of rotatable bonds is 2. The summed E-state index contributed by atoms with van der Waals surface area (Å²) < 4.78 is 31.8. The zero-order valence-corrected chi connectivity index (χ0v) is 11.2. The lowest BCUT2D eigenvalue weighted by Crippen LogP contribution is -2.34. The zero-order chi connectivity index (χ0) is 13.6. The van der Waals surface area contributed by atoms with Crippen LogP contribution in [0.2, 0.25) is 0 Å². The van der Waals surface area contributed by atoms with E-state index in [9.17, 15) is 13.5 Å². The summed E-state index contributed by atoms with van der Waals surface area (Å²) >= 11 is 0. The molecule has 19 heavy (non-hydrogen) atoms. The maximum absolute atomic E-state index is 12.5. The van der Waals surface area contributed by atoms with Gasteiger partial charge in [0.05, 0.1) is 11.0 Å². The van der Waals surface area contributed by atoms with E-state index in [4.69, 9.17) is 4.74 Å². The van der Waals surface area contributed by atoms with E-state index in [0.717, 1.165) is 5.56 Å². The summed E-state index contributed by atoms with van der Waals surface area (Å²) in [6.07, 6.45) is 1.34. The van der Waals surface area contributed by atoms with Gasteiger partial charge in [-0.2, -0.15) is 4.31 Å². The van der Waals surface area contributed by atoms with Crippen LogP contribution in [0, 0.1) is 6.92 Å². The Bertz CT molecular complexity index is 608. The molecule has 1 aromatic rings. The van der Waals surface area contributed by atoms with Crippen LogP contribution in [0.15, 0.2) is 41.3 Å². The lowest BCUT2D eigenvalue weighted by atomic mass is 10.2. The number of aliphatic hydroxyl groups is 1. The molecule has 0 radical (unpaired) electrons. The molecular weight excluding hydrogens is 266 g/mol. The van der Waals surface area contributed by atoms with Crippen molar-refractivity contribution in [1.29, 1.82) is 0 Å². The number of benzene rings is 1. The predicted molar refractivity (Wildman–Crippen MR) is 68.9 cm³/mol. The second-order valence-electron chi connectivity index (χ2n) is 4.83. The van der Waals surface area contributed by atoms with Gasteiger partial charge in [-0.25, -0.2) is 8.42 Å². The Hall–Kier alpha value is -1.21. The highest BCUT2D eigenvalue weighted by Crippen LogP contribution is 2.30. The summed E-state index contributed by atoms with van der Waals surface area (Å²) in [5.74, 6) is 0. The van der Waals surface area contributed by atoms with Gasteiger partial charge in [0.2, 0.25) is 10.0 Å². The van der Waals surface area contributed by atoms with Crippen LogP contribution in [0.25, 0.3) is 0 Å². The molecule has 102 valence electrons. The topological polar surface area (TPSA) is 66.8 Å². The number of sulfonamides is 1. The quantitative estimate of drug-likeness (QED) is 0.808. The number of nitrogens with zero attached hydrogens (tertiary/aromatic N) is 1. The minimum absolute atomic E-state index is 0.176. The molecule has 2 bridgehead atoms. The van der Waals surface area contributed by atoms with Crippen LogP contribution in [0.5, 0.6) is 0 Å². The maximum Gasteiger partial charge on any atom is 0.245 e. The van der Waals surface area contributed by atoms with Crippen molar-refractivity contribution in [2.45, 2.75) is 30.3 Å². The molecule has 2 heterocycles. The molecule has 0 unspecified atom stereocenters. The Labute approximate surface area is 112 Å². The monoisotopic (exact) mass is 281 g/mol. The van der Waals surface area contributed by atoms with Gasteiger partial charge < -0.3 is 9.84 Å². The third-order valence-electron chi connectivity index (χ3n) is 3.44. The Kier molecular flexibility index (Phi) is 2.98. The van der Waals surface area contributed by atoms with E-state index in [1.807, 2.05) is 6.92 Å². The van der Waals surface area contributed by atoms with Crippen molar-refractivity contribution in [3.63, 3.8) is 0 Å². The number of aliphatic hydroxyl groups excluding tert-OH is 1. The largest absolute Gasteiger partial charge is 0.386 e. The van der Waals surface area contributed by atoms with Gasteiger partial charge in [0.1, 0.15) is 12.3 Å². The van der Waals surface area contributed by atoms with Gasteiger partial charge in [-0.15, -0.1) is 0 Å². The number of hydrogen-bond acceptors (Lipinski definition) is 4. The van der Waals surface area contributed by atoms with E-state index in [1.54, 1.807) is 36.4 Å². The Morgan fingerprint density at radius 3 is 2.58 bits per heavy atom. The van der Waals surface area contributed by atoms with E-state index < -0.39 is 28.5 Å². The van der Waals surface area contributed by atoms with Crippen LogP contribution in [-0.4, -0.2) is 42.8 Å². The molecule has 0 saturated carbocycles. The number of ether oxygens (including phenoxy) is 1. The fourth-order valence-corrected chi connectivity index (χ4v) is 3.80. The van der Waals surface area contributed by atoms with Gasteiger partial charge >= 0.3 is 0 Å². The average Bonchev–Trinajstić information content (AvgIpc) is 2.75. The van der Waals surface area contributed by atoms with Crippen LogP contribution < -0.4 is 0 Å². The fourth-order valence-electron chi connectivity index (χ4n) is 2.31. The normalized spacial score (nSPS) is 30.7. The third-order valence-corrected chi connectivity index (χ3v) is 5.28. The first-order valence-corrected chi connectivity index (χ1v) is 7.53. The highest BCUT2D eigenvalue weighted by atomic mass is 32.2. The third kappa shape index (κ3) is 2.10. The summed E-state index contributed by atoms with van der Waals surface area (Å²) in [6, 6.07) is 6.71. The van der Waals surface area contributed by atoms with Crippen LogP contribution in [0.4, 0.5) is 0 Å². The second kappa shape index (κ2) is 4.42. The van der Waals surface area contributed by atoms with Gasteiger partial charge in [-0.3, -0.25) is 0 Å². The van der Waals surface area contributed by atoms with Crippen molar-refractivity contribution in [1.82, 2.24) is 4.31 Å². The molecule has 2 aliphatic heterocycles. The standard InChI is InChI=1S/C13H15NO4S/c1-9-2-4-10(5-3-9)19(16,17)14-8-12-11(15)6-7-13(14)18-12/h2-7,11-13,15H,8H2,1H3/t11-,12-,13-/m0/s1. The Morgan fingerprint density at radius 1 is 1.26 bits per heavy atom. The molecule has 3 rings (SSSR count). The first-order chi connectivity index (χ1) is 8.98. The van der Waals surface area contributed by atoms with E-state index in [-0.39, 0.29) is 11.4 Å². The van der Waals surface area contributed by atoms with E-state index in [0.29, 0.717) is 0 Å². The summed E-state index contributed by atoms with van der Waals surface area (Å²) in [4.78, 5) is 0.247. The first-order valence-electron chi connectivity index (χ1n) is 6.09. The summed E-state index contributed by atoms with van der Waals surface area (Å²) in [5, 5.41) is 9.65. The van der Waals surface area contributed by atoms with Crippen LogP contribution in [0.3, 0.4) is 0 Å². The van der Waals surface area contributed by atoms with Crippen LogP contribution in [0.1, 0.15) is 5.56 Å². The average molecular weight is 281 g/mol. The van der Waals surface area contributed by atoms with Crippen LogP contribution >= 0.6 is 0 Å². The van der Waals surface area contributed by atoms with Crippen LogP contribution in [-0.2, 0) is 14.8 Å². The maximum atomic E-state index is 12.5. The summed E-state index contributed by atoms with van der Waals surface area (Å²) in [5.41, 5.74) is 1.01. The first kappa shape index (κ1) is 12.8. The SMILES string of the molecule is Cc1ccc(S(=O)(=O)N2C[C@@H]3O[C@H]2C=C[C@@H]3O)cc1. The minimum Gasteiger partial charge on any atom is -0.386 e. The molecule has 0 amide bonds. The van der Waals surface area contributed by atoms with Crippen molar-refractivity contribution >= 4 is 10.0 Å². The van der Waals surface area contributed by atoms with E-state index in [1.165, 1.54) is 4.31 Å². The molecular formula is C13H15NO4S. The Morgan fingerprint density at radius 2 is 1.95 bits per heavy atom. The number of fused-ring (bicyclic) bond motifs is 2. The molecule has 5 nitrogen and oxygen atoms in total. The summed E-state index contributed by atoms with van der Waals surface area (Å²) in [7, 11) is -3.59. The predicted octanol–water partition coefficient (Wildman–Crippen LogP) is 0.641. The summed E-state index contributed by atoms with van der Waals surface area (Å²) in [6.45, 7) is 2.08. The van der Waals surface area contributed by atoms with Crippen molar-refractivity contribution in [3.8, 4) is 0 Å². The van der Waals surface area contributed by atoms with Crippen molar-refractivity contribution < 1.29 is 18.3 Å². The van der Waals surface area contributed by atoms with Crippen molar-refractivity contribution in [3.05, 3.63) is 42.0 Å². The molecule has 1 fully saturated rings. The molecule has 1 aromatic carbocycles. The van der Waals surface area contributed by atoms with E-state index >= 15 is 0 Å². The Balaban J connectivity index is 1.94. The number of aryl methyl sites for hydroxylation is 1. The van der Waals surface area contributed by atoms with Gasteiger partial charge in [-0.05, 0) is 25.1 Å².